The highest BCUT2D eigenvalue weighted by Crippen LogP contribution is 2.37. The molecule has 0 spiro atoms. The Kier molecular flexibility index (Phi) is 5.96. The zero-order valence-corrected chi connectivity index (χ0v) is 16.9. The molecule has 0 atom stereocenters. The van der Waals surface area contributed by atoms with E-state index in [4.69, 9.17) is 11.6 Å². The van der Waals surface area contributed by atoms with Crippen LogP contribution in [0, 0.1) is 0 Å². The molecule has 138 valence electrons. The molecule has 9 heteroatoms. The first-order valence-electron chi connectivity index (χ1n) is 8.08. The summed E-state index contributed by atoms with van der Waals surface area (Å²) < 4.78 is 27.4. The molecule has 0 amide bonds. The normalized spacial score (nSPS) is 16.2. The molecule has 2 aromatic carbocycles. The van der Waals surface area contributed by atoms with Crippen LogP contribution < -0.4 is 0 Å². The number of piperidine rings is 1. The topological polar surface area (TPSA) is 82.3 Å². The Morgan fingerprint density at radius 2 is 1.69 bits per heavy atom. The average Bonchev–Trinajstić information content (AvgIpc) is 2.64. The van der Waals surface area contributed by atoms with Gasteiger partial charge in [-0.25, -0.2) is 8.42 Å². The number of phenols is 1. The van der Waals surface area contributed by atoms with Crippen molar-refractivity contribution < 1.29 is 13.5 Å². The van der Waals surface area contributed by atoms with E-state index in [1.165, 1.54) is 16.4 Å². The summed E-state index contributed by atoms with van der Waals surface area (Å²) >= 11 is 9.17. The van der Waals surface area contributed by atoms with Crippen LogP contribution in [0.4, 0.5) is 11.4 Å². The molecule has 1 fully saturated rings. The molecule has 0 unspecified atom stereocenters. The van der Waals surface area contributed by atoms with E-state index >= 15 is 0 Å². The van der Waals surface area contributed by atoms with Gasteiger partial charge in [0.2, 0.25) is 10.0 Å². The molecule has 26 heavy (non-hydrogen) atoms. The van der Waals surface area contributed by atoms with Crippen LogP contribution in [0.1, 0.15) is 19.3 Å². The second-order valence-electron chi connectivity index (χ2n) is 5.91. The lowest BCUT2D eigenvalue weighted by atomic mass is 10.2. The van der Waals surface area contributed by atoms with Gasteiger partial charge in [-0.05, 0) is 49.2 Å². The van der Waals surface area contributed by atoms with Crippen molar-refractivity contribution in [3.8, 4) is 5.75 Å². The first kappa shape index (κ1) is 19.3. The Labute approximate surface area is 165 Å². The minimum atomic E-state index is -3.47. The van der Waals surface area contributed by atoms with E-state index in [1.54, 1.807) is 24.3 Å². The largest absolute Gasteiger partial charge is 0.504 e. The molecule has 2 aromatic rings. The predicted molar refractivity (Wildman–Crippen MR) is 104 cm³/mol. The van der Waals surface area contributed by atoms with Crippen molar-refractivity contribution in [2.75, 3.05) is 13.1 Å². The lowest BCUT2D eigenvalue weighted by Gasteiger charge is -2.25. The maximum atomic E-state index is 12.6. The average molecular weight is 459 g/mol. The number of azo groups is 1. The van der Waals surface area contributed by atoms with Crippen molar-refractivity contribution in [1.82, 2.24) is 4.31 Å². The van der Waals surface area contributed by atoms with E-state index < -0.39 is 10.0 Å². The van der Waals surface area contributed by atoms with Crippen molar-refractivity contribution in [2.45, 2.75) is 24.2 Å². The standard InChI is InChI=1S/C17H17BrClN3O3S/c18-12-10-15(19)17(23)16(11-12)21-20-13-4-6-14(7-5-13)26(24,25)22-8-2-1-3-9-22/h4-7,10-11,23H,1-3,8-9H2. The van der Waals surface area contributed by atoms with Crippen LogP contribution in [-0.2, 0) is 10.0 Å². The monoisotopic (exact) mass is 457 g/mol. The third-order valence-corrected chi connectivity index (χ3v) is 6.73. The number of halogens is 2. The molecule has 1 N–H and O–H groups in total. The number of nitrogens with zero attached hydrogens (tertiary/aromatic N) is 3. The molecule has 1 aliphatic rings. The summed E-state index contributed by atoms with van der Waals surface area (Å²) in [6, 6.07) is 9.34. The van der Waals surface area contributed by atoms with E-state index in [9.17, 15) is 13.5 Å². The summed E-state index contributed by atoms with van der Waals surface area (Å²) in [6.45, 7) is 1.12. The highest BCUT2D eigenvalue weighted by atomic mass is 79.9. The van der Waals surface area contributed by atoms with Crippen molar-refractivity contribution in [2.24, 2.45) is 10.2 Å². The highest BCUT2D eigenvalue weighted by molar-refractivity contribution is 9.10. The number of hydrogen-bond acceptors (Lipinski definition) is 5. The van der Waals surface area contributed by atoms with Crippen molar-refractivity contribution in [3.63, 3.8) is 0 Å². The quantitative estimate of drug-likeness (QED) is 0.623. The Hall–Kier alpha value is -1.48. The van der Waals surface area contributed by atoms with E-state index in [2.05, 4.69) is 26.2 Å². The van der Waals surface area contributed by atoms with Crippen LogP contribution in [0.3, 0.4) is 0 Å². The molecule has 0 saturated carbocycles. The summed E-state index contributed by atoms with van der Waals surface area (Å²) in [5.41, 5.74) is 0.687. The third-order valence-electron chi connectivity index (χ3n) is 4.07. The van der Waals surface area contributed by atoms with Gasteiger partial charge in [0.05, 0.1) is 15.6 Å². The van der Waals surface area contributed by atoms with Crippen LogP contribution in [0.15, 0.2) is 56.0 Å². The second-order valence-corrected chi connectivity index (χ2v) is 9.17. The number of hydrogen-bond donors (Lipinski definition) is 1. The predicted octanol–water partition coefficient (Wildman–Crippen LogP) is 5.40. The van der Waals surface area contributed by atoms with Gasteiger partial charge in [0.25, 0.3) is 0 Å². The number of aromatic hydroxyl groups is 1. The molecule has 0 bridgehead atoms. The summed E-state index contributed by atoms with van der Waals surface area (Å²) in [7, 11) is -3.47. The van der Waals surface area contributed by atoms with Gasteiger partial charge in [-0.3, -0.25) is 0 Å². The summed E-state index contributed by atoms with van der Waals surface area (Å²) in [6.07, 6.45) is 2.85. The van der Waals surface area contributed by atoms with Gasteiger partial charge in [-0.15, -0.1) is 5.11 Å². The number of rotatable bonds is 4. The summed E-state index contributed by atoms with van der Waals surface area (Å²) in [5, 5.41) is 18.1. The van der Waals surface area contributed by atoms with Gasteiger partial charge < -0.3 is 5.11 Å². The summed E-state index contributed by atoms with van der Waals surface area (Å²) in [5.74, 6) is -0.164. The molecule has 0 aliphatic carbocycles. The van der Waals surface area contributed by atoms with Gasteiger partial charge in [-0.2, -0.15) is 9.42 Å². The van der Waals surface area contributed by atoms with Gasteiger partial charge in [0, 0.05) is 17.6 Å². The van der Waals surface area contributed by atoms with Crippen LogP contribution >= 0.6 is 27.5 Å². The molecule has 1 saturated heterocycles. The molecule has 0 aromatic heterocycles. The molecule has 1 aliphatic heterocycles. The SMILES string of the molecule is O=S(=O)(c1ccc(N=Nc2cc(Br)cc(Cl)c2O)cc1)N1CCCCC1. The van der Waals surface area contributed by atoms with Crippen molar-refractivity contribution in [3.05, 3.63) is 45.9 Å². The molecule has 0 radical (unpaired) electrons. The Morgan fingerprint density at radius 1 is 1.04 bits per heavy atom. The minimum absolute atomic E-state index is 0.163. The van der Waals surface area contributed by atoms with E-state index in [0.717, 1.165) is 19.3 Å². The molecule has 1 heterocycles. The van der Waals surface area contributed by atoms with E-state index in [1.807, 2.05) is 0 Å². The maximum Gasteiger partial charge on any atom is 0.243 e. The lowest BCUT2D eigenvalue weighted by molar-refractivity contribution is 0.346. The minimum Gasteiger partial charge on any atom is -0.504 e. The first-order valence-corrected chi connectivity index (χ1v) is 10.7. The molecular formula is C17H17BrClN3O3S. The van der Waals surface area contributed by atoms with Gasteiger partial charge in [0.1, 0.15) is 5.69 Å². The number of sulfonamides is 1. The zero-order chi connectivity index (χ0) is 18.7. The fraction of sp³-hybridized carbons (Fsp3) is 0.294. The second kappa shape index (κ2) is 8.04. The third kappa shape index (κ3) is 4.25. The van der Waals surface area contributed by atoms with Crippen molar-refractivity contribution in [1.29, 1.82) is 0 Å². The van der Waals surface area contributed by atoms with Crippen molar-refractivity contribution >= 4 is 48.9 Å². The fourth-order valence-electron chi connectivity index (χ4n) is 2.68. The maximum absolute atomic E-state index is 12.6. The molecular weight excluding hydrogens is 442 g/mol. The van der Waals surface area contributed by atoms with Gasteiger partial charge >= 0.3 is 0 Å². The number of phenolic OH excluding ortho intramolecular Hbond substituents is 1. The first-order chi connectivity index (χ1) is 12.4. The number of benzene rings is 2. The van der Waals surface area contributed by atoms with Gasteiger partial charge in [0.15, 0.2) is 5.75 Å². The molecule has 3 rings (SSSR count). The highest BCUT2D eigenvalue weighted by Gasteiger charge is 2.25. The van der Waals surface area contributed by atoms with Crippen LogP contribution in [0.2, 0.25) is 5.02 Å². The Morgan fingerprint density at radius 3 is 2.35 bits per heavy atom. The smallest absolute Gasteiger partial charge is 0.243 e. The molecule has 6 nitrogen and oxygen atoms in total. The van der Waals surface area contributed by atoms with Crippen LogP contribution in [0.25, 0.3) is 0 Å². The van der Waals surface area contributed by atoms with Crippen LogP contribution in [-0.4, -0.2) is 30.9 Å². The Balaban J connectivity index is 1.80. The summed E-state index contributed by atoms with van der Waals surface area (Å²) in [4.78, 5) is 0.242. The van der Waals surface area contributed by atoms with Gasteiger partial charge in [-0.1, -0.05) is 34.0 Å². The lowest BCUT2D eigenvalue weighted by Crippen LogP contribution is -2.35. The van der Waals surface area contributed by atoms with E-state index in [0.29, 0.717) is 23.2 Å². The fourth-order valence-corrected chi connectivity index (χ4v) is 4.99. The zero-order valence-electron chi connectivity index (χ0n) is 13.8. The van der Waals surface area contributed by atoms with E-state index in [-0.39, 0.29) is 21.4 Å². The Bertz CT molecular complexity index is 927. The van der Waals surface area contributed by atoms with Crippen LogP contribution in [0.5, 0.6) is 5.75 Å².